The Morgan fingerprint density at radius 3 is 2.41 bits per heavy atom. The third-order valence-electron chi connectivity index (χ3n) is 5.66. The topological polar surface area (TPSA) is 34.1 Å². The van der Waals surface area contributed by atoms with Crippen LogP contribution in [0.15, 0.2) is 29.8 Å². The zero-order valence-corrected chi connectivity index (χ0v) is 14.1. The lowest BCUT2D eigenvalue weighted by atomic mass is 9.54. The van der Waals surface area contributed by atoms with Crippen molar-refractivity contribution in [2.45, 2.75) is 58.8 Å². The van der Waals surface area contributed by atoms with Gasteiger partial charge in [-0.1, -0.05) is 32.9 Å². The van der Waals surface area contributed by atoms with Gasteiger partial charge in [-0.25, -0.2) is 0 Å². The molecule has 0 amide bonds. The van der Waals surface area contributed by atoms with Gasteiger partial charge in [0.2, 0.25) is 0 Å². The summed E-state index contributed by atoms with van der Waals surface area (Å²) in [5, 5.41) is 0. The quantitative estimate of drug-likeness (QED) is 0.760. The van der Waals surface area contributed by atoms with E-state index in [2.05, 4.69) is 32.9 Å². The molecule has 1 aromatic rings. The van der Waals surface area contributed by atoms with Crippen LogP contribution in [0.1, 0.15) is 74.9 Å². The van der Waals surface area contributed by atoms with Gasteiger partial charge in [0.05, 0.1) is 0 Å². The molecule has 3 rings (SSSR count). The molecule has 0 unspecified atom stereocenters. The standard InChI is InChI=1S/C20H24O2/c1-12(2)13-6-7-15-14(10-13)16(21)11-17-19(3,4)18(22)8-9-20(15,17)5/h6-7,10-12H,8-9H2,1-5H3/t20-/m1/s1. The van der Waals surface area contributed by atoms with Crippen molar-refractivity contribution in [2.75, 3.05) is 0 Å². The van der Waals surface area contributed by atoms with Gasteiger partial charge in [0.1, 0.15) is 5.78 Å². The fourth-order valence-corrected chi connectivity index (χ4v) is 4.08. The summed E-state index contributed by atoms with van der Waals surface area (Å²) >= 11 is 0. The first kappa shape index (κ1) is 15.2. The zero-order valence-electron chi connectivity index (χ0n) is 14.1. The van der Waals surface area contributed by atoms with E-state index in [0.717, 1.165) is 23.1 Å². The Bertz CT molecular complexity index is 706. The average molecular weight is 296 g/mol. The maximum atomic E-state index is 12.7. The second-order valence-corrected chi connectivity index (χ2v) is 7.76. The Kier molecular flexibility index (Phi) is 3.21. The number of allylic oxidation sites excluding steroid dienone is 2. The molecule has 1 fully saturated rings. The van der Waals surface area contributed by atoms with Crippen LogP contribution in [0.25, 0.3) is 0 Å². The van der Waals surface area contributed by atoms with Crippen LogP contribution in [0.3, 0.4) is 0 Å². The predicted molar refractivity (Wildman–Crippen MR) is 88.3 cm³/mol. The number of hydrogen-bond donors (Lipinski definition) is 0. The van der Waals surface area contributed by atoms with E-state index in [0.29, 0.717) is 12.3 Å². The van der Waals surface area contributed by atoms with Gasteiger partial charge < -0.3 is 0 Å². The molecule has 116 valence electrons. The zero-order chi connectivity index (χ0) is 16.3. The number of ketones is 2. The molecule has 1 aromatic carbocycles. The number of fused-ring (bicyclic) bond motifs is 3. The fraction of sp³-hybridized carbons (Fsp3) is 0.500. The van der Waals surface area contributed by atoms with Gasteiger partial charge in [0, 0.05) is 22.8 Å². The summed E-state index contributed by atoms with van der Waals surface area (Å²) in [7, 11) is 0. The molecule has 22 heavy (non-hydrogen) atoms. The number of Topliss-reactive ketones (excluding diaryl/α,β-unsaturated/α-hetero) is 1. The van der Waals surface area contributed by atoms with Crippen molar-refractivity contribution in [3.63, 3.8) is 0 Å². The summed E-state index contributed by atoms with van der Waals surface area (Å²) in [5.74, 6) is 0.694. The third kappa shape index (κ3) is 1.93. The van der Waals surface area contributed by atoms with E-state index in [1.54, 1.807) is 6.08 Å². The maximum absolute atomic E-state index is 12.7. The van der Waals surface area contributed by atoms with Crippen molar-refractivity contribution < 1.29 is 9.59 Å². The van der Waals surface area contributed by atoms with Gasteiger partial charge in [-0.05, 0) is 55.0 Å². The predicted octanol–water partition coefficient (Wildman–Crippen LogP) is 4.58. The first-order valence-corrected chi connectivity index (χ1v) is 8.12. The largest absolute Gasteiger partial charge is 0.299 e. The molecular weight excluding hydrogens is 272 g/mol. The van der Waals surface area contributed by atoms with Crippen LogP contribution in [-0.2, 0) is 10.2 Å². The first-order valence-electron chi connectivity index (χ1n) is 8.12. The summed E-state index contributed by atoms with van der Waals surface area (Å²) < 4.78 is 0. The van der Waals surface area contributed by atoms with Crippen LogP contribution in [0.4, 0.5) is 0 Å². The molecular formula is C20H24O2. The molecule has 0 saturated heterocycles. The average Bonchev–Trinajstić information content (AvgIpc) is 2.46. The number of carbonyl (C=O) groups excluding carboxylic acids is 2. The molecule has 0 bridgehead atoms. The smallest absolute Gasteiger partial charge is 0.186 e. The lowest BCUT2D eigenvalue weighted by Crippen LogP contribution is -2.46. The van der Waals surface area contributed by atoms with Crippen molar-refractivity contribution in [3.8, 4) is 0 Å². The van der Waals surface area contributed by atoms with Crippen molar-refractivity contribution >= 4 is 11.6 Å². The lowest BCUT2D eigenvalue weighted by molar-refractivity contribution is -0.127. The fourth-order valence-electron chi connectivity index (χ4n) is 4.08. The van der Waals surface area contributed by atoms with Crippen LogP contribution < -0.4 is 0 Å². The summed E-state index contributed by atoms with van der Waals surface area (Å²) in [5.41, 5.74) is 3.36. The Morgan fingerprint density at radius 1 is 1.09 bits per heavy atom. The molecule has 0 radical (unpaired) electrons. The number of carbonyl (C=O) groups is 2. The molecule has 2 heteroatoms. The molecule has 0 aromatic heterocycles. The Balaban J connectivity index is 2.22. The van der Waals surface area contributed by atoms with E-state index in [-0.39, 0.29) is 17.0 Å². The molecule has 0 N–H and O–H groups in total. The van der Waals surface area contributed by atoms with Crippen LogP contribution in [-0.4, -0.2) is 11.6 Å². The number of rotatable bonds is 1. The van der Waals surface area contributed by atoms with Crippen molar-refractivity contribution in [2.24, 2.45) is 5.41 Å². The molecule has 0 aliphatic heterocycles. The highest BCUT2D eigenvalue weighted by Gasteiger charge is 2.50. The van der Waals surface area contributed by atoms with Gasteiger partial charge in [0.15, 0.2) is 5.78 Å². The third-order valence-corrected chi connectivity index (χ3v) is 5.66. The molecule has 2 nitrogen and oxygen atoms in total. The normalized spacial score (nSPS) is 26.5. The van der Waals surface area contributed by atoms with Crippen LogP contribution in [0.5, 0.6) is 0 Å². The Hall–Kier alpha value is -1.70. The highest BCUT2D eigenvalue weighted by molar-refractivity contribution is 6.09. The van der Waals surface area contributed by atoms with Crippen molar-refractivity contribution in [1.82, 2.24) is 0 Å². The monoisotopic (exact) mass is 296 g/mol. The van der Waals surface area contributed by atoms with Crippen LogP contribution >= 0.6 is 0 Å². The lowest BCUT2D eigenvalue weighted by Gasteiger charge is -2.47. The van der Waals surface area contributed by atoms with Crippen molar-refractivity contribution in [3.05, 3.63) is 46.5 Å². The second kappa shape index (κ2) is 4.65. The van der Waals surface area contributed by atoms with E-state index in [1.165, 1.54) is 5.56 Å². The van der Waals surface area contributed by atoms with Gasteiger partial charge in [0.25, 0.3) is 0 Å². The van der Waals surface area contributed by atoms with E-state index in [4.69, 9.17) is 0 Å². The van der Waals surface area contributed by atoms with Crippen molar-refractivity contribution in [1.29, 1.82) is 0 Å². The molecule has 2 aliphatic carbocycles. The molecule has 1 atom stereocenters. The van der Waals surface area contributed by atoms with E-state index in [1.807, 2.05) is 19.9 Å². The molecule has 0 spiro atoms. The van der Waals surface area contributed by atoms with Gasteiger partial charge in [-0.2, -0.15) is 0 Å². The SMILES string of the molecule is CC(C)c1ccc2c(c1)C(=O)C=C1C(C)(C)C(=O)CC[C@@]12C. The first-order chi connectivity index (χ1) is 10.2. The Labute approximate surface area is 132 Å². The molecule has 1 saturated carbocycles. The summed E-state index contributed by atoms with van der Waals surface area (Å²) in [4.78, 5) is 25.0. The van der Waals surface area contributed by atoms with Gasteiger partial charge in [-0.15, -0.1) is 0 Å². The summed E-state index contributed by atoms with van der Waals surface area (Å²) in [6.07, 6.45) is 3.12. The van der Waals surface area contributed by atoms with Crippen LogP contribution in [0, 0.1) is 5.41 Å². The molecule has 2 aliphatic rings. The van der Waals surface area contributed by atoms with E-state index >= 15 is 0 Å². The minimum Gasteiger partial charge on any atom is -0.299 e. The minimum absolute atomic E-state index is 0.0488. The highest BCUT2D eigenvalue weighted by atomic mass is 16.1. The number of hydrogen-bond acceptors (Lipinski definition) is 2. The molecule has 0 heterocycles. The summed E-state index contributed by atoms with van der Waals surface area (Å²) in [6, 6.07) is 6.29. The van der Waals surface area contributed by atoms with Gasteiger partial charge in [-0.3, -0.25) is 9.59 Å². The Morgan fingerprint density at radius 2 is 1.77 bits per heavy atom. The van der Waals surface area contributed by atoms with E-state index < -0.39 is 5.41 Å². The van der Waals surface area contributed by atoms with Gasteiger partial charge >= 0.3 is 0 Å². The minimum atomic E-state index is -0.545. The maximum Gasteiger partial charge on any atom is 0.186 e. The number of benzene rings is 1. The summed E-state index contributed by atoms with van der Waals surface area (Å²) in [6.45, 7) is 10.4. The highest BCUT2D eigenvalue weighted by Crippen LogP contribution is 2.53. The van der Waals surface area contributed by atoms with Crippen LogP contribution in [0.2, 0.25) is 0 Å². The van der Waals surface area contributed by atoms with E-state index in [9.17, 15) is 9.59 Å². The second-order valence-electron chi connectivity index (χ2n) is 7.76.